The molecule has 0 atom stereocenters. The van der Waals surface area contributed by atoms with E-state index in [9.17, 15) is 0 Å². The summed E-state index contributed by atoms with van der Waals surface area (Å²) in [5, 5.41) is 4.00. The molecule has 0 radical (unpaired) electrons. The fourth-order valence-corrected chi connectivity index (χ4v) is 10.3. The lowest BCUT2D eigenvalue weighted by Gasteiger charge is -2.27. The molecule has 1 aliphatic heterocycles. The van der Waals surface area contributed by atoms with Gasteiger partial charge in [0.15, 0.2) is 0 Å². The van der Waals surface area contributed by atoms with Crippen molar-refractivity contribution in [2.75, 3.05) is 16.9 Å². The zero-order valence-corrected chi connectivity index (χ0v) is 28.1. The van der Waals surface area contributed by atoms with Gasteiger partial charge in [-0.25, -0.2) is 0 Å². The largest absolute Gasteiger partial charge is 0.497 e. The van der Waals surface area contributed by atoms with E-state index in [1.807, 2.05) is 12.1 Å². The monoisotopic (exact) mass is 628 g/mol. The lowest BCUT2D eigenvalue weighted by atomic mass is 10.1. The molecule has 4 nitrogen and oxygen atoms in total. The Hall–Kier alpha value is -5.52. The van der Waals surface area contributed by atoms with E-state index >= 15 is 0 Å². The molecule has 7 aromatic rings. The van der Waals surface area contributed by atoms with E-state index in [1.54, 1.807) is 7.11 Å². The van der Waals surface area contributed by atoms with Gasteiger partial charge >= 0.3 is 0 Å². The molecule has 0 amide bonds. The zero-order chi connectivity index (χ0) is 32.1. The quantitative estimate of drug-likeness (QED) is 0.164. The zero-order valence-electron chi connectivity index (χ0n) is 27.1. The van der Waals surface area contributed by atoms with Crippen molar-refractivity contribution in [2.24, 2.45) is 0 Å². The van der Waals surface area contributed by atoms with Crippen molar-refractivity contribution in [3.8, 4) is 17.1 Å². The van der Waals surface area contributed by atoms with Crippen molar-refractivity contribution >= 4 is 63.5 Å². The van der Waals surface area contributed by atoms with Crippen LogP contribution in [-0.4, -0.2) is 15.2 Å². The molecular formula is C42H36N2O2Si. The first-order valence-corrected chi connectivity index (χ1v) is 19.1. The summed E-state index contributed by atoms with van der Waals surface area (Å²) >= 11 is 0. The van der Waals surface area contributed by atoms with Crippen LogP contribution in [0.2, 0.25) is 13.1 Å². The number of benzene rings is 6. The number of hydrogen-bond donors (Lipinski definition) is 0. The Morgan fingerprint density at radius 2 is 1.06 bits per heavy atom. The van der Waals surface area contributed by atoms with Crippen molar-refractivity contribution < 1.29 is 9.15 Å². The first-order valence-electron chi connectivity index (χ1n) is 16.1. The van der Waals surface area contributed by atoms with E-state index in [1.165, 1.54) is 26.9 Å². The van der Waals surface area contributed by atoms with Crippen LogP contribution in [-0.2, 0) is 0 Å². The molecule has 5 heteroatoms. The highest BCUT2D eigenvalue weighted by molar-refractivity contribution is 7.05. The van der Waals surface area contributed by atoms with Gasteiger partial charge in [-0.15, -0.1) is 0 Å². The molecular weight excluding hydrogens is 593 g/mol. The van der Waals surface area contributed by atoms with Gasteiger partial charge in [-0.05, 0) is 102 Å². The smallest absolute Gasteiger partial charge is 0.136 e. The summed E-state index contributed by atoms with van der Waals surface area (Å²) in [4.78, 5) is 4.60. The Morgan fingerprint density at radius 1 is 0.553 bits per heavy atom. The molecule has 1 aromatic heterocycles. The minimum atomic E-state index is -2.04. The Balaban J connectivity index is 1.26. The highest BCUT2D eigenvalue weighted by Gasteiger charge is 2.42. The third-order valence-corrected chi connectivity index (χ3v) is 12.9. The molecule has 0 aliphatic carbocycles. The van der Waals surface area contributed by atoms with Gasteiger partial charge in [0.05, 0.1) is 7.11 Å². The summed E-state index contributed by atoms with van der Waals surface area (Å²) in [5.41, 5.74) is 9.91. The fraction of sp³-hybridized carbons (Fsp3) is 0.0952. The Bertz CT molecular complexity index is 2210. The van der Waals surface area contributed by atoms with Crippen molar-refractivity contribution in [1.29, 1.82) is 0 Å². The van der Waals surface area contributed by atoms with Gasteiger partial charge in [-0.2, -0.15) is 0 Å². The SMILES string of the molecule is COc1ccc(N(c2ccccc2)c2ccc3c(c2)-c2oc4cc(N(c5ccccc5)c5ccc(C)cc5)ccc4c2[Si]3(C)C)cc1. The van der Waals surface area contributed by atoms with Crippen LogP contribution in [0.1, 0.15) is 5.56 Å². The molecule has 6 aromatic carbocycles. The molecule has 8 rings (SSSR count). The third-order valence-electron chi connectivity index (χ3n) is 9.39. The van der Waals surface area contributed by atoms with E-state index in [0.29, 0.717) is 0 Å². The Kier molecular flexibility index (Phi) is 7.00. The van der Waals surface area contributed by atoms with Crippen LogP contribution < -0.4 is 24.9 Å². The number of aryl methyl sites for hydroxylation is 1. The molecule has 47 heavy (non-hydrogen) atoms. The predicted octanol–water partition coefficient (Wildman–Crippen LogP) is 10.5. The average molecular weight is 629 g/mol. The molecule has 0 saturated carbocycles. The van der Waals surface area contributed by atoms with Gasteiger partial charge in [0.2, 0.25) is 0 Å². The first kappa shape index (κ1) is 28.9. The number of para-hydroxylation sites is 2. The van der Waals surface area contributed by atoms with Gasteiger partial charge in [-0.1, -0.05) is 73.3 Å². The normalized spacial score (nSPS) is 12.9. The summed E-state index contributed by atoms with van der Waals surface area (Å²) in [6.45, 7) is 7.01. The van der Waals surface area contributed by atoms with Crippen LogP contribution in [0.5, 0.6) is 5.75 Å². The molecule has 1 aliphatic rings. The number of furan rings is 1. The van der Waals surface area contributed by atoms with Crippen LogP contribution in [0.3, 0.4) is 0 Å². The van der Waals surface area contributed by atoms with E-state index < -0.39 is 8.07 Å². The minimum Gasteiger partial charge on any atom is -0.497 e. The summed E-state index contributed by atoms with van der Waals surface area (Å²) in [5.74, 6) is 1.85. The molecule has 0 spiro atoms. The summed E-state index contributed by atoms with van der Waals surface area (Å²) in [6.07, 6.45) is 0. The van der Waals surface area contributed by atoms with E-state index in [4.69, 9.17) is 9.15 Å². The van der Waals surface area contributed by atoms with Gasteiger partial charge in [0, 0.05) is 51.1 Å². The maximum Gasteiger partial charge on any atom is 0.136 e. The van der Waals surface area contributed by atoms with Crippen LogP contribution >= 0.6 is 0 Å². The second kappa shape index (κ2) is 11.4. The highest BCUT2D eigenvalue weighted by Crippen LogP contribution is 2.42. The third kappa shape index (κ3) is 4.91. The average Bonchev–Trinajstić information content (AvgIpc) is 3.60. The first-order chi connectivity index (χ1) is 22.9. The molecule has 0 saturated heterocycles. The Morgan fingerprint density at radius 3 is 1.66 bits per heavy atom. The predicted molar refractivity (Wildman–Crippen MR) is 199 cm³/mol. The lowest BCUT2D eigenvalue weighted by Crippen LogP contribution is -2.49. The van der Waals surface area contributed by atoms with Crippen LogP contribution in [0.4, 0.5) is 34.1 Å². The summed E-state index contributed by atoms with van der Waals surface area (Å²) in [6, 6.07) is 51.6. The van der Waals surface area contributed by atoms with Crippen molar-refractivity contribution in [1.82, 2.24) is 0 Å². The number of rotatable bonds is 7. The molecule has 0 fully saturated rings. The molecule has 0 N–H and O–H groups in total. The minimum absolute atomic E-state index is 0.836. The number of fused-ring (bicyclic) bond motifs is 5. The summed E-state index contributed by atoms with van der Waals surface area (Å²) < 4.78 is 12.4. The molecule has 230 valence electrons. The topological polar surface area (TPSA) is 28.9 Å². The summed E-state index contributed by atoms with van der Waals surface area (Å²) in [7, 11) is -0.343. The van der Waals surface area contributed by atoms with Crippen molar-refractivity contribution in [3.05, 3.63) is 151 Å². The van der Waals surface area contributed by atoms with Gasteiger partial charge in [0.1, 0.15) is 25.2 Å². The molecule has 0 unspecified atom stereocenters. The number of methoxy groups -OCH3 is 1. The molecule has 0 bridgehead atoms. The van der Waals surface area contributed by atoms with E-state index in [0.717, 1.165) is 51.2 Å². The second-order valence-corrected chi connectivity index (χ2v) is 17.0. The highest BCUT2D eigenvalue weighted by atomic mass is 28.3. The van der Waals surface area contributed by atoms with E-state index in [-0.39, 0.29) is 0 Å². The van der Waals surface area contributed by atoms with E-state index in [2.05, 4.69) is 163 Å². The number of ether oxygens (including phenoxy) is 1. The maximum absolute atomic E-state index is 6.90. The maximum atomic E-state index is 6.90. The van der Waals surface area contributed by atoms with Crippen molar-refractivity contribution in [2.45, 2.75) is 20.0 Å². The van der Waals surface area contributed by atoms with Gasteiger partial charge < -0.3 is 19.0 Å². The van der Waals surface area contributed by atoms with Gasteiger partial charge in [0.25, 0.3) is 0 Å². The molecule has 2 heterocycles. The number of nitrogens with zero attached hydrogens (tertiary/aromatic N) is 2. The van der Waals surface area contributed by atoms with Crippen LogP contribution in [0.25, 0.3) is 22.3 Å². The fourth-order valence-electron chi connectivity index (χ4n) is 7.05. The number of anilines is 6. The Labute approximate surface area is 277 Å². The van der Waals surface area contributed by atoms with Crippen LogP contribution in [0.15, 0.2) is 150 Å². The van der Waals surface area contributed by atoms with Crippen LogP contribution in [0, 0.1) is 6.92 Å². The van der Waals surface area contributed by atoms with Crippen molar-refractivity contribution in [3.63, 3.8) is 0 Å². The second-order valence-electron chi connectivity index (χ2n) is 12.7. The standard InChI is InChI=1S/C42H36N2O2Si/c1-29-15-17-32(18-16-29)44(31-13-9-6-10-14-31)35-21-25-37-39(28-35)46-41-38-27-34(22-26-40(38)47(3,4)42(37)41)43(30-11-7-5-8-12-30)33-19-23-36(45-2)24-20-33/h5-28H,1-4H3. The lowest BCUT2D eigenvalue weighted by molar-refractivity contribution is 0.415. The van der Waals surface area contributed by atoms with Gasteiger partial charge in [-0.3, -0.25) is 0 Å². The number of hydrogen-bond acceptors (Lipinski definition) is 4.